The monoisotopic (exact) mass is 389 g/mol. The first-order valence-corrected chi connectivity index (χ1v) is 11.1. The van der Waals surface area contributed by atoms with E-state index in [-0.39, 0.29) is 23.1 Å². The summed E-state index contributed by atoms with van der Waals surface area (Å²) >= 11 is 0. The molecule has 0 spiro atoms. The molecule has 1 unspecified atom stereocenters. The van der Waals surface area contributed by atoms with Crippen molar-refractivity contribution in [1.29, 1.82) is 0 Å². The summed E-state index contributed by atoms with van der Waals surface area (Å²) in [4.78, 5) is 16.9. The number of sulfonamides is 1. The molecule has 27 heavy (non-hydrogen) atoms. The number of nitrogens with one attached hydrogen (secondary N) is 2. The molecule has 7 heteroatoms. The van der Waals surface area contributed by atoms with Crippen molar-refractivity contribution >= 4 is 32.5 Å². The summed E-state index contributed by atoms with van der Waals surface area (Å²) in [7, 11) is -3.28. The Labute approximate surface area is 160 Å². The summed E-state index contributed by atoms with van der Waals surface area (Å²) in [6, 6.07) is 9.62. The smallest absolute Gasteiger partial charge is 0.227 e. The lowest BCUT2D eigenvalue weighted by molar-refractivity contribution is -0.120. The van der Waals surface area contributed by atoms with Gasteiger partial charge in [-0.15, -0.1) is 0 Å². The molecule has 1 aliphatic carbocycles. The normalized spacial score (nSPS) is 21.7. The SMILES string of the molecule is CCC(C)S(=O)(=O)NC1CCC(C(=O)Nc2cnc3ccccc3c2)CC1. The van der Waals surface area contributed by atoms with Crippen molar-refractivity contribution in [2.45, 2.75) is 57.2 Å². The van der Waals surface area contributed by atoms with Gasteiger partial charge in [-0.05, 0) is 51.2 Å². The molecule has 1 heterocycles. The minimum atomic E-state index is -3.28. The van der Waals surface area contributed by atoms with E-state index in [2.05, 4.69) is 15.0 Å². The number of aromatic nitrogens is 1. The molecule has 1 saturated carbocycles. The van der Waals surface area contributed by atoms with Crippen LogP contribution >= 0.6 is 0 Å². The largest absolute Gasteiger partial charge is 0.324 e. The minimum Gasteiger partial charge on any atom is -0.324 e. The van der Waals surface area contributed by atoms with Crippen molar-refractivity contribution in [3.63, 3.8) is 0 Å². The summed E-state index contributed by atoms with van der Waals surface area (Å²) in [5.74, 6) is -0.115. The van der Waals surface area contributed by atoms with Gasteiger partial charge in [0.25, 0.3) is 0 Å². The maximum atomic E-state index is 12.6. The number of amides is 1. The van der Waals surface area contributed by atoms with Crippen molar-refractivity contribution in [3.05, 3.63) is 36.5 Å². The summed E-state index contributed by atoms with van der Waals surface area (Å²) < 4.78 is 27.2. The first-order chi connectivity index (χ1) is 12.9. The fraction of sp³-hybridized carbons (Fsp3) is 0.500. The van der Waals surface area contributed by atoms with Crippen molar-refractivity contribution < 1.29 is 13.2 Å². The summed E-state index contributed by atoms with van der Waals surface area (Å²) in [6.45, 7) is 3.59. The fourth-order valence-corrected chi connectivity index (χ4v) is 4.80. The first-order valence-electron chi connectivity index (χ1n) is 9.56. The Morgan fingerprint density at radius 2 is 1.93 bits per heavy atom. The van der Waals surface area contributed by atoms with Gasteiger partial charge in [-0.2, -0.15) is 0 Å². The van der Waals surface area contributed by atoms with Crippen LogP contribution in [0.4, 0.5) is 5.69 Å². The molecule has 1 aromatic carbocycles. The second-order valence-electron chi connectivity index (χ2n) is 7.34. The number of para-hydroxylation sites is 1. The lowest BCUT2D eigenvalue weighted by Crippen LogP contribution is -2.42. The molecule has 1 amide bonds. The molecule has 0 aliphatic heterocycles. The zero-order valence-electron chi connectivity index (χ0n) is 15.8. The Kier molecular flexibility index (Phi) is 6.11. The molecule has 1 atom stereocenters. The quantitative estimate of drug-likeness (QED) is 0.792. The van der Waals surface area contributed by atoms with E-state index in [9.17, 15) is 13.2 Å². The molecule has 6 nitrogen and oxygen atoms in total. The molecule has 1 aromatic heterocycles. The Hall–Kier alpha value is -1.99. The van der Waals surface area contributed by atoms with Crippen molar-refractivity contribution in [1.82, 2.24) is 9.71 Å². The zero-order valence-corrected chi connectivity index (χ0v) is 16.6. The number of carbonyl (C=O) groups excluding carboxylic acids is 1. The molecule has 0 radical (unpaired) electrons. The lowest BCUT2D eigenvalue weighted by atomic mass is 9.86. The summed E-state index contributed by atoms with van der Waals surface area (Å²) in [5, 5.41) is 3.55. The van der Waals surface area contributed by atoms with Gasteiger partial charge >= 0.3 is 0 Å². The van der Waals surface area contributed by atoms with Crippen LogP contribution in [0.25, 0.3) is 10.9 Å². The lowest BCUT2D eigenvalue weighted by Gasteiger charge is -2.29. The Morgan fingerprint density at radius 1 is 1.22 bits per heavy atom. The number of pyridine rings is 1. The van der Waals surface area contributed by atoms with E-state index in [1.807, 2.05) is 37.3 Å². The maximum Gasteiger partial charge on any atom is 0.227 e. The van der Waals surface area contributed by atoms with Gasteiger partial charge in [0.05, 0.1) is 22.7 Å². The highest BCUT2D eigenvalue weighted by molar-refractivity contribution is 7.90. The second kappa shape index (κ2) is 8.35. The third-order valence-corrected chi connectivity index (χ3v) is 7.45. The van der Waals surface area contributed by atoms with Crippen LogP contribution < -0.4 is 10.0 Å². The Bertz CT molecular complexity index is 906. The predicted octanol–water partition coefficient (Wildman–Crippen LogP) is 3.45. The highest BCUT2D eigenvalue weighted by Gasteiger charge is 2.30. The van der Waals surface area contributed by atoms with Crippen LogP contribution in [-0.4, -0.2) is 30.6 Å². The average molecular weight is 390 g/mol. The second-order valence-corrected chi connectivity index (χ2v) is 9.47. The predicted molar refractivity (Wildman–Crippen MR) is 108 cm³/mol. The number of fused-ring (bicyclic) bond motifs is 1. The number of hydrogen-bond acceptors (Lipinski definition) is 4. The summed E-state index contributed by atoms with van der Waals surface area (Å²) in [6.07, 6.45) is 4.99. The topological polar surface area (TPSA) is 88.2 Å². The standard InChI is InChI=1S/C20H27N3O3S/c1-3-14(2)27(25,26)23-17-10-8-15(9-11-17)20(24)22-18-12-16-6-4-5-7-19(16)21-13-18/h4-7,12-15,17,23H,3,8-11H2,1-2H3,(H,22,24). The van der Waals surface area contributed by atoms with Crippen molar-refractivity contribution in [2.75, 3.05) is 5.32 Å². The Morgan fingerprint density at radius 3 is 2.63 bits per heavy atom. The minimum absolute atomic E-state index is 0.0182. The van der Waals surface area contributed by atoms with Crippen molar-refractivity contribution in [3.8, 4) is 0 Å². The van der Waals surface area contributed by atoms with Crippen LogP contribution in [0.3, 0.4) is 0 Å². The highest BCUT2D eigenvalue weighted by Crippen LogP contribution is 2.27. The van der Waals surface area contributed by atoms with E-state index in [0.29, 0.717) is 37.8 Å². The van der Waals surface area contributed by atoms with Crippen LogP contribution in [0.2, 0.25) is 0 Å². The van der Waals surface area contributed by atoms with Gasteiger partial charge in [0, 0.05) is 17.3 Å². The highest BCUT2D eigenvalue weighted by atomic mass is 32.2. The van der Waals surface area contributed by atoms with Crippen LogP contribution in [0.1, 0.15) is 46.0 Å². The van der Waals surface area contributed by atoms with Gasteiger partial charge in [-0.1, -0.05) is 25.1 Å². The molecule has 0 saturated heterocycles. The van der Waals surface area contributed by atoms with Crippen LogP contribution in [0.15, 0.2) is 36.5 Å². The van der Waals surface area contributed by atoms with Crippen molar-refractivity contribution in [2.24, 2.45) is 5.92 Å². The van der Waals surface area contributed by atoms with Gasteiger partial charge < -0.3 is 5.32 Å². The molecule has 146 valence electrons. The molecular formula is C20H27N3O3S. The molecule has 0 bridgehead atoms. The molecule has 1 aliphatic rings. The number of nitrogens with zero attached hydrogens (tertiary/aromatic N) is 1. The van der Waals surface area contributed by atoms with Crippen LogP contribution in [-0.2, 0) is 14.8 Å². The van der Waals surface area contributed by atoms with Gasteiger partial charge in [-0.3, -0.25) is 9.78 Å². The maximum absolute atomic E-state index is 12.6. The van der Waals surface area contributed by atoms with Gasteiger partial charge in [0.2, 0.25) is 15.9 Å². The number of anilines is 1. The number of rotatable bonds is 6. The molecule has 2 N–H and O–H groups in total. The van der Waals surface area contributed by atoms with E-state index in [1.165, 1.54) is 0 Å². The molecule has 3 rings (SSSR count). The number of carbonyl (C=O) groups is 1. The van der Waals surface area contributed by atoms with E-state index >= 15 is 0 Å². The zero-order chi connectivity index (χ0) is 19.4. The fourth-order valence-electron chi connectivity index (χ4n) is 3.43. The van der Waals surface area contributed by atoms with E-state index in [1.54, 1.807) is 13.1 Å². The first kappa shape index (κ1) is 19.8. The van der Waals surface area contributed by atoms with Gasteiger partial charge in [0.1, 0.15) is 0 Å². The molecule has 2 aromatic rings. The van der Waals surface area contributed by atoms with E-state index in [4.69, 9.17) is 0 Å². The van der Waals surface area contributed by atoms with E-state index < -0.39 is 10.0 Å². The average Bonchev–Trinajstić information content (AvgIpc) is 2.67. The Balaban J connectivity index is 1.55. The molecular weight excluding hydrogens is 362 g/mol. The number of benzene rings is 1. The molecule has 1 fully saturated rings. The third-order valence-electron chi connectivity index (χ3n) is 5.39. The van der Waals surface area contributed by atoms with Gasteiger partial charge in [0.15, 0.2) is 0 Å². The third kappa shape index (κ3) is 4.84. The van der Waals surface area contributed by atoms with E-state index in [0.717, 1.165) is 10.9 Å². The summed E-state index contributed by atoms with van der Waals surface area (Å²) in [5.41, 5.74) is 1.59. The van der Waals surface area contributed by atoms with Crippen LogP contribution in [0.5, 0.6) is 0 Å². The van der Waals surface area contributed by atoms with Gasteiger partial charge in [-0.25, -0.2) is 13.1 Å². The van der Waals surface area contributed by atoms with Crippen LogP contribution in [0, 0.1) is 5.92 Å². The number of hydrogen-bond donors (Lipinski definition) is 2.